The van der Waals surface area contributed by atoms with Gasteiger partial charge in [0.2, 0.25) is 0 Å². The number of benzene rings is 2. The minimum Gasteiger partial charge on any atom is -0.417 e. The van der Waals surface area contributed by atoms with Gasteiger partial charge in [-0.25, -0.2) is 9.78 Å². The summed E-state index contributed by atoms with van der Waals surface area (Å²) in [7, 11) is -0.281. The Morgan fingerprint density at radius 2 is 1.66 bits per heavy atom. The first-order valence-electron chi connectivity index (χ1n) is 12.6. The number of imidazole rings is 1. The van der Waals surface area contributed by atoms with E-state index in [1.54, 1.807) is 19.2 Å². The van der Waals surface area contributed by atoms with Crippen molar-refractivity contribution in [1.29, 1.82) is 0 Å². The van der Waals surface area contributed by atoms with E-state index in [0.29, 0.717) is 52.2 Å². The summed E-state index contributed by atoms with van der Waals surface area (Å²) in [6.07, 6.45) is 0.555. The van der Waals surface area contributed by atoms with Gasteiger partial charge >= 0.3 is 5.69 Å². The van der Waals surface area contributed by atoms with Crippen LogP contribution in [0.4, 0.5) is 0 Å². The van der Waals surface area contributed by atoms with Crippen LogP contribution < -0.4 is 11.2 Å². The number of hydrogen-bond donors (Lipinski definition) is 0. The fourth-order valence-electron chi connectivity index (χ4n) is 4.11. The van der Waals surface area contributed by atoms with E-state index in [1.807, 2.05) is 41.0 Å². The Balaban J connectivity index is 1.80. The third-order valence-corrected chi connectivity index (χ3v) is 12.7. The molecule has 4 rings (SSSR count). The molecule has 38 heavy (non-hydrogen) atoms. The van der Waals surface area contributed by atoms with Gasteiger partial charge in [0.1, 0.15) is 5.82 Å². The molecule has 10 heteroatoms. The molecule has 0 bridgehead atoms. The Morgan fingerprint density at radius 3 is 2.29 bits per heavy atom. The minimum atomic E-state index is -1.93. The van der Waals surface area contributed by atoms with Crippen LogP contribution in [0.3, 0.4) is 0 Å². The monoisotopic (exact) mass is 572 g/mol. The molecule has 0 amide bonds. The summed E-state index contributed by atoms with van der Waals surface area (Å²) in [5.41, 5.74) is 1.61. The summed E-state index contributed by atoms with van der Waals surface area (Å²) in [5, 5.41) is 0.898. The molecule has 0 unspecified atom stereocenters. The number of nitrogens with zero attached hydrogens (tertiary/aromatic N) is 4. The van der Waals surface area contributed by atoms with E-state index in [9.17, 15) is 9.59 Å². The largest absolute Gasteiger partial charge is 0.417 e. The second kappa shape index (κ2) is 10.8. The van der Waals surface area contributed by atoms with Gasteiger partial charge in [-0.3, -0.25) is 13.9 Å². The lowest BCUT2D eigenvalue weighted by molar-refractivity contribution is 0.273. The highest BCUT2D eigenvalue weighted by Crippen LogP contribution is 2.36. The lowest BCUT2D eigenvalue weighted by Gasteiger charge is -2.36. The quantitative estimate of drug-likeness (QED) is 0.182. The standard InChI is InChI=1S/C28H34Cl2N4O3Si/c1-28(2,3)38(5,6)37-16-10-15-33-26(35)23-25(32(4)27(33)36)31-24(20-13-14-21(29)22(30)17-20)34(23)18-19-11-8-7-9-12-19/h7-9,11-14,17H,10,15-16,18H2,1-6H3. The molecule has 0 saturated carbocycles. The SMILES string of the molecule is Cn1c(=O)n(CCCO[Si](C)(C)C(C)(C)C)c(=O)c2c1nc(-c1ccc(Cl)c(Cl)c1)n2Cc1ccccc1. The van der Waals surface area contributed by atoms with Gasteiger partial charge in [0.15, 0.2) is 19.5 Å². The van der Waals surface area contributed by atoms with Gasteiger partial charge in [-0.15, -0.1) is 0 Å². The van der Waals surface area contributed by atoms with Gasteiger partial charge in [-0.05, 0) is 48.3 Å². The highest BCUT2D eigenvalue weighted by Gasteiger charge is 2.36. The molecule has 7 nitrogen and oxygen atoms in total. The van der Waals surface area contributed by atoms with Crippen LogP contribution in [0, 0.1) is 0 Å². The number of rotatable bonds is 8. The van der Waals surface area contributed by atoms with Crippen molar-refractivity contribution in [3.05, 3.63) is 85.0 Å². The third kappa shape index (κ3) is 5.54. The molecule has 0 atom stereocenters. The van der Waals surface area contributed by atoms with E-state index in [4.69, 9.17) is 32.6 Å². The minimum absolute atomic E-state index is 0.0871. The van der Waals surface area contributed by atoms with Crippen LogP contribution in [-0.4, -0.2) is 33.6 Å². The number of aryl methyl sites for hydroxylation is 1. The molecule has 0 saturated heterocycles. The molecule has 2 heterocycles. The van der Waals surface area contributed by atoms with E-state index < -0.39 is 14.0 Å². The zero-order valence-corrected chi connectivity index (χ0v) is 25.2. The summed E-state index contributed by atoms with van der Waals surface area (Å²) >= 11 is 12.5. The van der Waals surface area contributed by atoms with Crippen LogP contribution in [0.15, 0.2) is 58.1 Å². The van der Waals surface area contributed by atoms with Gasteiger partial charge in [0.25, 0.3) is 5.56 Å². The molecule has 0 aliphatic carbocycles. The molecule has 2 aromatic heterocycles. The van der Waals surface area contributed by atoms with E-state index >= 15 is 0 Å². The first-order valence-corrected chi connectivity index (χ1v) is 16.3. The predicted octanol–water partition coefficient (Wildman–Crippen LogP) is 6.33. The van der Waals surface area contributed by atoms with Gasteiger partial charge in [-0.2, -0.15) is 0 Å². The summed E-state index contributed by atoms with van der Waals surface area (Å²) in [4.78, 5) is 31.9. The van der Waals surface area contributed by atoms with E-state index in [-0.39, 0.29) is 17.1 Å². The smallest absolute Gasteiger partial charge is 0.332 e. The van der Waals surface area contributed by atoms with Gasteiger partial charge in [0, 0.05) is 32.3 Å². The predicted molar refractivity (Wildman–Crippen MR) is 158 cm³/mol. The maximum absolute atomic E-state index is 13.8. The van der Waals surface area contributed by atoms with Crippen molar-refractivity contribution in [2.45, 2.75) is 58.4 Å². The third-order valence-electron chi connectivity index (χ3n) is 7.39. The van der Waals surface area contributed by atoms with Gasteiger partial charge in [-0.1, -0.05) is 74.3 Å². The van der Waals surface area contributed by atoms with Crippen molar-refractivity contribution in [1.82, 2.24) is 18.7 Å². The van der Waals surface area contributed by atoms with Gasteiger partial charge in [0.05, 0.1) is 10.0 Å². The molecular weight excluding hydrogens is 539 g/mol. The molecular formula is C28H34Cl2N4O3Si. The molecule has 0 spiro atoms. The molecule has 2 aromatic carbocycles. The number of halogens is 2. The normalized spacial score (nSPS) is 12.4. The maximum atomic E-state index is 13.8. The van der Waals surface area contributed by atoms with Crippen molar-refractivity contribution >= 4 is 42.7 Å². The van der Waals surface area contributed by atoms with Crippen LogP contribution in [0.2, 0.25) is 28.2 Å². The second-order valence-corrected chi connectivity index (χ2v) is 16.7. The fraction of sp³-hybridized carbons (Fsp3) is 0.393. The summed E-state index contributed by atoms with van der Waals surface area (Å²) in [6.45, 7) is 12.1. The molecule has 0 aliphatic rings. The highest BCUT2D eigenvalue weighted by atomic mass is 35.5. The Bertz CT molecular complexity index is 1580. The zero-order valence-electron chi connectivity index (χ0n) is 22.7. The first kappa shape index (κ1) is 28.4. The van der Waals surface area contributed by atoms with Crippen LogP contribution in [0.5, 0.6) is 0 Å². The second-order valence-electron chi connectivity index (χ2n) is 11.1. The van der Waals surface area contributed by atoms with E-state index in [2.05, 4.69) is 33.9 Å². The van der Waals surface area contributed by atoms with Crippen LogP contribution >= 0.6 is 23.2 Å². The lowest BCUT2D eigenvalue weighted by Crippen LogP contribution is -2.42. The molecule has 0 N–H and O–H groups in total. The number of fused-ring (bicyclic) bond motifs is 1. The lowest BCUT2D eigenvalue weighted by atomic mass is 10.2. The fourth-order valence-corrected chi connectivity index (χ4v) is 5.50. The number of hydrogen-bond acceptors (Lipinski definition) is 4. The molecule has 0 aliphatic heterocycles. The number of aromatic nitrogens is 4. The summed E-state index contributed by atoms with van der Waals surface area (Å²) < 4.78 is 10.9. The Hall–Kier alpha value is -2.65. The van der Waals surface area contributed by atoms with Crippen LogP contribution in [0.1, 0.15) is 32.8 Å². The Kier molecular flexibility index (Phi) is 8.09. The zero-order chi connectivity index (χ0) is 27.8. The average molecular weight is 574 g/mol. The summed E-state index contributed by atoms with van der Waals surface area (Å²) in [5.74, 6) is 0.536. The Morgan fingerprint density at radius 1 is 0.974 bits per heavy atom. The summed E-state index contributed by atoms with van der Waals surface area (Å²) in [6, 6.07) is 15.1. The van der Waals surface area contributed by atoms with Crippen molar-refractivity contribution < 1.29 is 4.43 Å². The Labute approximate surface area is 233 Å². The van der Waals surface area contributed by atoms with Crippen LogP contribution in [-0.2, 0) is 24.6 Å². The van der Waals surface area contributed by atoms with Crippen molar-refractivity contribution in [3.63, 3.8) is 0 Å². The molecule has 0 fully saturated rings. The van der Waals surface area contributed by atoms with E-state index in [0.717, 1.165) is 5.56 Å². The topological polar surface area (TPSA) is 71.1 Å². The van der Waals surface area contributed by atoms with Crippen molar-refractivity contribution in [3.8, 4) is 11.4 Å². The van der Waals surface area contributed by atoms with Crippen molar-refractivity contribution in [2.24, 2.45) is 7.05 Å². The maximum Gasteiger partial charge on any atom is 0.332 e. The molecule has 0 radical (unpaired) electrons. The van der Waals surface area contributed by atoms with Crippen molar-refractivity contribution in [2.75, 3.05) is 6.61 Å². The van der Waals surface area contributed by atoms with Gasteiger partial charge < -0.3 is 8.99 Å². The van der Waals surface area contributed by atoms with Crippen LogP contribution in [0.25, 0.3) is 22.6 Å². The molecule has 202 valence electrons. The molecule has 4 aromatic rings. The van der Waals surface area contributed by atoms with E-state index in [1.165, 1.54) is 9.13 Å². The average Bonchev–Trinajstić information content (AvgIpc) is 3.23. The first-order chi connectivity index (χ1) is 17.8. The highest BCUT2D eigenvalue weighted by molar-refractivity contribution is 6.74.